The normalized spacial score (nSPS) is 12.1. The number of para-hydroxylation sites is 1. The van der Waals surface area contributed by atoms with Crippen molar-refractivity contribution in [3.8, 4) is 5.75 Å². The third kappa shape index (κ3) is 3.89. The largest absolute Gasteiger partial charge is 0.477 e. The molecule has 96 valence electrons. The standard InChI is InChI=1S/C10H6F3NO4/c11-10(12,13)7(8(15)16)14-9(17)18-6-4-2-1-3-5-6/h1-5H,(H,15,16). The molecule has 0 saturated heterocycles. The van der Waals surface area contributed by atoms with Crippen molar-refractivity contribution in [3.05, 3.63) is 30.3 Å². The van der Waals surface area contributed by atoms with E-state index in [0.29, 0.717) is 0 Å². The van der Waals surface area contributed by atoms with Crippen LogP contribution in [0.25, 0.3) is 0 Å². The van der Waals surface area contributed by atoms with E-state index < -0.39 is 24.0 Å². The Labute approximate surface area is 98.5 Å². The van der Waals surface area contributed by atoms with Gasteiger partial charge in [-0.15, -0.1) is 0 Å². The summed E-state index contributed by atoms with van der Waals surface area (Å²) in [6.07, 6.45) is -6.89. The maximum atomic E-state index is 12.2. The van der Waals surface area contributed by atoms with Crippen LogP contribution in [-0.2, 0) is 4.79 Å². The minimum absolute atomic E-state index is 0.0434. The molecule has 0 spiro atoms. The average Bonchev–Trinajstić information content (AvgIpc) is 2.25. The molecule has 1 N–H and O–H groups in total. The molecule has 0 heterocycles. The van der Waals surface area contributed by atoms with E-state index in [1.807, 2.05) is 0 Å². The molecule has 1 aromatic carbocycles. The van der Waals surface area contributed by atoms with Gasteiger partial charge in [-0.05, 0) is 12.1 Å². The van der Waals surface area contributed by atoms with Gasteiger partial charge < -0.3 is 9.84 Å². The molecule has 0 unspecified atom stereocenters. The summed E-state index contributed by atoms with van der Waals surface area (Å²) in [6.45, 7) is 0. The number of alkyl halides is 3. The number of benzene rings is 1. The Morgan fingerprint density at radius 2 is 1.72 bits per heavy atom. The maximum absolute atomic E-state index is 12.2. The van der Waals surface area contributed by atoms with Crippen LogP contribution < -0.4 is 4.74 Å². The topological polar surface area (TPSA) is 76.0 Å². The Balaban J connectivity index is 2.87. The van der Waals surface area contributed by atoms with Crippen LogP contribution in [0.4, 0.5) is 18.0 Å². The Morgan fingerprint density at radius 3 is 2.17 bits per heavy atom. The van der Waals surface area contributed by atoms with Gasteiger partial charge in [0, 0.05) is 0 Å². The van der Waals surface area contributed by atoms with Gasteiger partial charge in [-0.2, -0.15) is 18.2 Å². The summed E-state index contributed by atoms with van der Waals surface area (Å²) in [5, 5.41) is 8.27. The summed E-state index contributed by atoms with van der Waals surface area (Å²) < 4.78 is 40.9. The highest BCUT2D eigenvalue weighted by Crippen LogP contribution is 2.18. The second-order valence-electron chi connectivity index (χ2n) is 2.94. The number of carboxylic acids is 1. The molecule has 1 aromatic rings. The molecule has 8 heteroatoms. The molecule has 0 aliphatic rings. The number of aliphatic carboxylic acids is 1. The van der Waals surface area contributed by atoms with Gasteiger partial charge in [0.25, 0.3) is 0 Å². The lowest BCUT2D eigenvalue weighted by Crippen LogP contribution is -2.32. The Hall–Kier alpha value is -2.38. The van der Waals surface area contributed by atoms with Crippen LogP contribution in [0.2, 0.25) is 0 Å². The molecule has 0 atom stereocenters. The van der Waals surface area contributed by atoms with Crippen molar-refractivity contribution in [2.75, 3.05) is 0 Å². The fourth-order valence-corrected chi connectivity index (χ4v) is 0.936. The van der Waals surface area contributed by atoms with Gasteiger partial charge in [-0.3, -0.25) is 0 Å². The van der Waals surface area contributed by atoms with Gasteiger partial charge in [0.2, 0.25) is 5.71 Å². The molecule has 0 aliphatic heterocycles. The summed E-state index contributed by atoms with van der Waals surface area (Å²) >= 11 is 0. The number of carbonyl (C=O) groups excluding carboxylic acids is 1. The fraction of sp³-hybridized carbons (Fsp3) is 0.100. The number of ether oxygens (including phenoxy) is 1. The van der Waals surface area contributed by atoms with Gasteiger partial charge in [0.05, 0.1) is 0 Å². The third-order valence-electron chi connectivity index (χ3n) is 1.62. The highest BCUT2D eigenvalue weighted by Gasteiger charge is 2.42. The fourth-order valence-electron chi connectivity index (χ4n) is 0.936. The number of carbonyl (C=O) groups is 2. The van der Waals surface area contributed by atoms with Crippen LogP contribution in [0.3, 0.4) is 0 Å². The summed E-state index contributed by atoms with van der Waals surface area (Å²) in [7, 11) is 0. The number of nitrogens with zero attached hydrogens (tertiary/aromatic N) is 1. The monoisotopic (exact) mass is 261 g/mol. The molecular formula is C10H6F3NO4. The molecule has 0 bridgehead atoms. The van der Waals surface area contributed by atoms with Crippen LogP contribution in [0, 0.1) is 0 Å². The first kappa shape index (κ1) is 13.7. The zero-order valence-electron chi connectivity index (χ0n) is 8.64. The van der Waals surface area contributed by atoms with E-state index in [0.717, 1.165) is 0 Å². The number of halogens is 3. The average molecular weight is 261 g/mol. The van der Waals surface area contributed by atoms with Gasteiger partial charge in [-0.1, -0.05) is 18.2 Å². The molecule has 0 aliphatic carbocycles. The molecule has 1 amide bonds. The quantitative estimate of drug-likeness (QED) is 0.828. The molecule has 1 rings (SSSR count). The SMILES string of the molecule is O=C(N=C(C(=O)O)C(F)(F)F)Oc1ccccc1. The van der Waals surface area contributed by atoms with Crippen molar-refractivity contribution in [3.63, 3.8) is 0 Å². The van der Waals surface area contributed by atoms with E-state index in [-0.39, 0.29) is 5.75 Å². The third-order valence-corrected chi connectivity index (χ3v) is 1.62. The lowest BCUT2D eigenvalue weighted by molar-refractivity contribution is -0.133. The van der Waals surface area contributed by atoms with Crippen LogP contribution in [-0.4, -0.2) is 29.1 Å². The molecular weight excluding hydrogens is 255 g/mol. The highest BCUT2D eigenvalue weighted by molar-refractivity contribution is 6.39. The van der Waals surface area contributed by atoms with Gasteiger partial charge in [-0.25, -0.2) is 9.59 Å². The highest BCUT2D eigenvalue weighted by atomic mass is 19.4. The summed E-state index contributed by atoms with van der Waals surface area (Å²) in [5.74, 6) is -2.40. The number of carboxylic acid groups (broad SMARTS) is 1. The van der Waals surface area contributed by atoms with E-state index in [1.54, 1.807) is 6.07 Å². The smallest absolute Gasteiger partial charge is 0.440 e. The lowest BCUT2D eigenvalue weighted by atomic mass is 10.3. The van der Waals surface area contributed by atoms with Crippen molar-refractivity contribution in [2.45, 2.75) is 6.18 Å². The minimum atomic E-state index is -5.23. The molecule has 0 aromatic heterocycles. The van der Waals surface area contributed by atoms with Crippen LogP contribution in [0.1, 0.15) is 0 Å². The number of hydrogen-bond acceptors (Lipinski definition) is 3. The van der Waals surface area contributed by atoms with E-state index in [9.17, 15) is 22.8 Å². The second-order valence-corrected chi connectivity index (χ2v) is 2.94. The van der Waals surface area contributed by atoms with Crippen LogP contribution >= 0.6 is 0 Å². The summed E-state index contributed by atoms with van der Waals surface area (Å²) in [5.41, 5.74) is -2.23. The van der Waals surface area contributed by atoms with Gasteiger partial charge in [0.1, 0.15) is 5.75 Å². The van der Waals surface area contributed by atoms with Crippen molar-refractivity contribution in [1.29, 1.82) is 0 Å². The number of aliphatic imine (C=N–C) groups is 1. The first-order valence-electron chi connectivity index (χ1n) is 4.46. The van der Waals surface area contributed by atoms with E-state index in [1.165, 1.54) is 24.3 Å². The predicted molar refractivity (Wildman–Crippen MR) is 53.6 cm³/mol. The first-order valence-corrected chi connectivity index (χ1v) is 4.46. The Kier molecular flexibility index (Phi) is 4.03. The Bertz CT molecular complexity index is 482. The zero-order chi connectivity index (χ0) is 13.8. The lowest BCUT2D eigenvalue weighted by Gasteiger charge is -2.05. The number of hydrogen-bond donors (Lipinski definition) is 1. The van der Waals surface area contributed by atoms with Crippen LogP contribution in [0.15, 0.2) is 35.3 Å². The molecule has 0 saturated carbocycles. The van der Waals surface area contributed by atoms with Gasteiger partial charge >= 0.3 is 18.2 Å². The minimum Gasteiger partial charge on any atom is -0.477 e. The molecule has 5 nitrogen and oxygen atoms in total. The zero-order valence-corrected chi connectivity index (χ0v) is 8.64. The van der Waals surface area contributed by atoms with Crippen LogP contribution in [0.5, 0.6) is 5.75 Å². The predicted octanol–water partition coefficient (Wildman–Crippen LogP) is 2.27. The number of amides is 1. The van der Waals surface area contributed by atoms with Crippen molar-refractivity contribution < 1.29 is 32.6 Å². The van der Waals surface area contributed by atoms with Gasteiger partial charge in [0.15, 0.2) is 0 Å². The maximum Gasteiger partial charge on any atom is 0.440 e. The van der Waals surface area contributed by atoms with E-state index in [4.69, 9.17) is 5.11 Å². The van der Waals surface area contributed by atoms with E-state index >= 15 is 0 Å². The van der Waals surface area contributed by atoms with E-state index in [2.05, 4.69) is 9.73 Å². The van der Waals surface area contributed by atoms with Crippen molar-refractivity contribution >= 4 is 17.8 Å². The van der Waals surface area contributed by atoms with Crippen molar-refractivity contribution in [1.82, 2.24) is 0 Å². The first-order chi connectivity index (χ1) is 8.30. The van der Waals surface area contributed by atoms with Crippen molar-refractivity contribution in [2.24, 2.45) is 4.99 Å². The Morgan fingerprint density at radius 1 is 1.17 bits per heavy atom. The molecule has 0 radical (unpaired) electrons. The number of rotatable bonds is 2. The molecule has 0 fully saturated rings. The second kappa shape index (κ2) is 5.30. The molecule has 18 heavy (non-hydrogen) atoms. The summed E-state index contributed by atoms with van der Waals surface area (Å²) in [6, 6.07) is 7.17. The summed E-state index contributed by atoms with van der Waals surface area (Å²) in [4.78, 5) is 23.7.